The van der Waals surface area contributed by atoms with Crippen LogP contribution in [0.4, 0.5) is 23.2 Å². The molecule has 0 aliphatic heterocycles. The number of anilines is 1. The van der Waals surface area contributed by atoms with Crippen LogP contribution in [0.5, 0.6) is 5.88 Å². The zero-order valence-corrected chi connectivity index (χ0v) is 17.8. The fourth-order valence-electron chi connectivity index (χ4n) is 2.25. The van der Waals surface area contributed by atoms with E-state index in [9.17, 15) is 26.0 Å². The highest BCUT2D eigenvalue weighted by molar-refractivity contribution is 9.10. The number of halogens is 5. The lowest BCUT2D eigenvalue weighted by atomic mass is 10.2. The molecule has 160 valence electrons. The number of nitrogens with one attached hydrogen (secondary N) is 1. The molecule has 1 aromatic carbocycles. The third kappa shape index (κ3) is 6.82. The van der Waals surface area contributed by atoms with Gasteiger partial charge in [0.15, 0.2) is 0 Å². The van der Waals surface area contributed by atoms with Gasteiger partial charge in [-0.3, -0.25) is 4.72 Å². The van der Waals surface area contributed by atoms with E-state index in [-0.39, 0.29) is 24.2 Å². The standard InChI is InChI=1S/C17H18BrF4N3O3S/c1-25(2)4-3-5-28-16-15(8-12(18)10-23-16)24-29(26,27)14-7-11(17(20,21)22)6-13(19)9-14/h6-10,24H,3-5H2,1-2H3. The summed E-state index contributed by atoms with van der Waals surface area (Å²) in [5.41, 5.74) is -1.51. The van der Waals surface area contributed by atoms with Crippen LogP contribution >= 0.6 is 15.9 Å². The van der Waals surface area contributed by atoms with Crippen molar-refractivity contribution in [2.24, 2.45) is 0 Å². The Morgan fingerprint density at radius 3 is 2.52 bits per heavy atom. The second-order valence-corrected chi connectivity index (χ2v) is 8.89. The summed E-state index contributed by atoms with van der Waals surface area (Å²) in [7, 11) is -0.780. The maximum absolute atomic E-state index is 13.6. The van der Waals surface area contributed by atoms with Gasteiger partial charge in [-0.25, -0.2) is 17.8 Å². The Bertz CT molecular complexity index is 969. The maximum atomic E-state index is 13.6. The first-order valence-electron chi connectivity index (χ1n) is 8.22. The molecule has 0 aliphatic rings. The molecular weight excluding hydrogens is 482 g/mol. The average Bonchev–Trinajstić information content (AvgIpc) is 2.58. The second-order valence-electron chi connectivity index (χ2n) is 6.29. The Balaban J connectivity index is 2.30. The van der Waals surface area contributed by atoms with Crippen molar-refractivity contribution < 1.29 is 30.7 Å². The number of nitrogens with zero attached hydrogens (tertiary/aromatic N) is 2. The van der Waals surface area contributed by atoms with Gasteiger partial charge in [0.05, 0.1) is 17.1 Å². The van der Waals surface area contributed by atoms with Crippen LogP contribution in [0.2, 0.25) is 0 Å². The van der Waals surface area contributed by atoms with E-state index in [0.29, 0.717) is 23.0 Å². The van der Waals surface area contributed by atoms with Gasteiger partial charge >= 0.3 is 6.18 Å². The molecular formula is C17H18BrF4N3O3S. The summed E-state index contributed by atoms with van der Waals surface area (Å²) in [5, 5.41) is 0. The summed E-state index contributed by atoms with van der Waals surface area (Å²) in [5.74, 6) is -1.38. The van der Waals surface area contributed by atoms with E-state index in [1.54, 1.807) is 0 Å². The third-order valence-electron chi connectivity index (χ3n) is 3.56. The molecule has 1 heterocycles. The molecule has 1 aromatic heterocycles. The number of benzene rings is 1. The Labute approximate surface area is 174 Å². The van der Waals surface area contributed by atoms with E-state index in [2.05, 4.69) is 25.6 Å². The molecule has 6 nitrogen and oxygen atoms in total. The van der Waals surface area contributed by atoms with Crippen LogP contribution in [-0.4, -0.2) is 45.5 Å². The largest absolute Gasteiger partial charge is 0.476 e. The van der Waals surface area contributed by atoms with Crippen molar-refractivity contribution in [3.05, 3.63) is 46.3 Å². The Hall–Kier alpha value is -1.92. The summed E-state index contributed by atoms with van der Waals surface area (Å²) in [6.45, 7) is 0.959. The van der Waals surface area contributed by atoms with Gasteiger partial charge in [0.1, 0.15) is 11.5 Å². The first-order chi connectivity index (χ1) is 13.4. The quantitative estimate of drug-likeness (QED) is 0.436. The predicted molar refractivity (Wildman–Crippen MR) is 103 cm³/mol. The van der Waals surface area contributed by atoms with Crippen LogP contribution in [0.1, 0.15) is 12.0 Å². The first-order valence-corrected chi connectivity index (χ1v) is 10.5. The topological polar surface area (TPSA) is 71.5 Å². The van der Waals surface area contributed by atoms with Crippen molar-refractivity contribution in [1.29, 1.82) is 0 Å². The molecule has 0 aliphatic carbocycles. The molecule has 0 saturated heterocycles. The molecule has 1 N–H and O–H groups in total. The minimum atomic E-state index is -4.90. The zero-order chi connectivity index (χ0) is 21.8. The summed E-state index contributed by atoms with van der Waals surface area (Å²) in [6, 6.07) is 2.42. The number of sulfonamides is 1. The van der Waals surface area contributed by atoms with Gasteiger partial charge in [-0.15, -0.1) is 0 Å². The molecule has 12 heteroatoms. The number of ether oxygens (including phenoxy) is 1. The Morgan fingerprint density at radius 2 is 1.90 bits per heavy atom. The summed E-state index contributed by atoms with van der Waals surface area (Å²) < 4.78 is 85.4. The summed E-state index contributed by atoms with van der Waals surface area (Å²) in [6.07, 6.45) is -2.89. The highest BCUT2D eigenvalue weighted by Crippen LogP contribution is 2.33. The number of alkyl halides is 3. The van der Waals surface area contributed by atoms with Crippen LogP contribution in [0.25, 0.3) is 0 Å². The number of hydrogen-bond donors (Lipinski definition) is 1. The van der Waals surface area contributed by atoms with E-state index >= 15 is 0 Å². The summed E-state index contributed by atoms with van der Waals surface area (Å²) >= 11 is 3.14. The van der Waals surface area contributed by atoms with Gasteiger partial charge in [-0.05, 0) is 60.7 Å². The summed E-state index contributed by atoms with van der Waals surface area (Å²) in [4.78, 5) is 5.05. The highest BCUT2D eigenvalue weighted by atomic mass is 79.9. The van der Waals surface area contributed by atoms with Gasteiger partial charge in [0.2, 0.25) is 5.88 Å². The van der Waals surface area contributed by atoms with Crippen molar-refractivity contribution in [2.75, 3.05) is 32.0 Å². The van der Waals surface area contributed by atoms with Gasteiger partial charge in [-0.1, -0.05) is 0 Å². The van der Waals surface area contributed by atoms with Crippen molar-refractivity contribution in [1.82, 2.24) is 9.88 Å². The molecule has 0 spiro atoms. The monoisotopic (exact) mass is 499 g/mol. The van der Waals surface area contributed by atoms with E-state index < -0.39 is 32.5 Å². The van der Waals surface area contributed by atoms with Gasteiger partial charge < -0.3 is 9.64 Å². The zero-order valence-electron chi connectivity index (χ0n) is 15.4. The smallest absolute Gasteiger partial charge is 0.416 e. The molecule has 0 bridgehead atoms. The normalized spacial score (nSPS) is 12.3. The molecule has 0 unspecified atom stereocenters. The number of hydrogen-bond acceptors (Lipinski definition) is 5. The molecule has 0 amide bonds. The molecule has 0 radical (unpaired) electrons. The lowest BCUT2D eigenvalue weighted by Gasteiger charge is -2.15. The van der Waals surface area contributed by atoms with Crippen molar-refractivity contribution in [3.8, 4) is 5.88 Å². The number of aromatic nitrogens is 1. The lowest BCUT2D eigenvalue weighted by molar-refractivity contribution is -0.137. The second kappa shape index (κ2) is 9.26. The van der Waals surface area contributed by atoms with Gasteiger partial charge in [0.25, 0.3) is 10.0 Å². The van der Waals surface area contributed by atoms with Crippen LogP contribution in [0.3, 0.4) is 0 Å². The minimum Gasteiger partial charge on any atom is -0.476 e. The van der Waals surface area contributed by atoms with E-state index in [0.717, 1.165) is 6.54 Å². The third-order valence-corrected chi connectivity index (χ3v) is 5.34. The Morgan fingerprint density at radius 1 is 1.21 bits per heavy atom. The molecule has 2 aromatic rings. The van der Waals surface area contributed by atoms with Gasteiger partial charge in [0, 0.05) is 17.2 Å². The van der Waals surface area contributed by atoms with E-state index in [1.165, 1.54) is 12.3 Å². The van der Waals surface area contributed by atoms with E-state index in [4.69, 9.17) is 4.74 Å². The minimum absolute atomic E-state index is 0.0528. The highest BCUT2D eigenvalue weighted by Gasteiger charge is 2.33. The molecule has 0 atom stereocenters. The fourth-order valence-corrected chi connectivity index (χ4v) is 3.68. The lowest BCUT2D eigenvalue weighted by Crippen LogP contribution is -2.18. The number of pyridine rings is 1. The SMILES string of the molecule is CN(C)CCCOc1ncc(Br)cc1NS(=O)(=O)c1cc(F)cc(C(F)(F)F)c1. The first kappa shape index (κ1) is 23.4. The maximum Gasteiger partial charge on any atom is 0.416 e. The van der Waals surface area contributed by atoms with Crippen LogP contribution < -0.4 is 9.46 Å². The van der Waals surface area contributed by atoms with Crippen molar-refractivity contribution in [3.63, 3.8) is 0 Å². The molecule has 2 rings (SSSR count). The van der Waals surface area contributed by atoms with Crippen LogP contribution in [0.15, 0.2) is 39.8 Å². The van der Waals surface area contributed by atoms with E-state index in [1.807, 2.05) is 19.0 Å². The number of rotatable bonds is 8. The molecule has 29 heavy (non-hydrogen) atoms. The Kier molecular flexibility index (Phi) is 7.46. The van der Waals surface area contributed by atoms with Crippen molar-refractivity contribution >= 4 is 31.6 Å². The van der Waals surface area contributed by atoms with Gasteiger partial charge in [-0.2, -0.15) is 13.2 Å². The predicted octanol–water partition coefficient (Wildman–Crippen LogP) is 4.13. The fraction of sp³-hybridized carbons (Fsp3) is 0.353. The van der Waals surface area contributed by atoms with Crippen LogP contribution in [-0.2, 0) is 16.2 Å². The average molecular weight is 500 g/mol. The van der Waals surface area contributed by atoms with Crippen molar-refractivity contribution in [2.45, 2.75) is 17.5 Å². The molecule has 0 fully saturated rings. The molecule has 0 saturated carbocycles. The van der Waals surface area contributed by atoms with Crippen LogP contribution in [0, 0.1) is 5.82 Å².